The van der Waals surface area contributed by atoms with Crippen molar-refractivity contribution in [2.24, 2.45) is 0 Å². The minimum absolute atomic E-state index is 0.0337. The van der Waals surface area contributed by atoms with Crippen molar-refractivity contribution in [3.8, 4) is 16.3 Å². The molecule has 0 saturated carbocycles. The number of aromatic nitrogens is 1. The molecule has 1 aromatic heterocycles. The van der Waals surface area contributed by atoms with Gasteiger partial charge in [0.2, 0.25) is 5.91 Å². The predicted octanol–water partition coefficient (Wildman–Crippen LogP) is 4.44. The Kier molecular flexibility index (Phi) is 6.55. The number of likely N-dealkylation sites (tertiary alicyclic amines) is 1. The molecule has 32 heavy (non-hydrogen) atoms. The molecule has 2 heterocycles. The summed E-state index contributed by atoms with van der Waals surface area (Å²) in [4.78, 5) is 31.6. The number of benzene rings is 2. The predicted molar refractivity (Wildman–Crippen MR) is 124 cm³/mol. The minimum atomic E-state index is -0.755. The number of hydrogen-bond acceptors (Lipinski definition) is 6. The van der Waals surface area contributed by atoms with Gasteiger partial charge in [0.1, 0.15) is 17.4 Å². The van der Waals surface area contributed by atoms with E-state index in [1.807, 2.05) is 60.0 Å². The van der Waals surface area contributed by atoms with E-state index in [2.05, 4.69) is 4.98 Å². The molecule has 1 aliphatic rings. The molecule has 166 valence electrons. The highest BCUT2D eigenvalue weighted by atomic mass is 32.1. The van der Waals surface area contributed by atoms with Crippen molar-refractivity contribution in [2.45, 2.75) is 31.8 Å². The molecule has 6 nitrogen and oxygen atoms in total. The lowest BCUT2D eigenvalue weighted by Gasteiger charge is -2.40. The van der Waals surface area contributed by atoms with E-state index in [4.69, 9.17) is 9.47 Å². The van der Waals surface area contributed by atoms with Crippen molar-refractivity contribution < 1.29 is 19.1 Å². The van der Waals surface area contributed by atoms with Crippen molar-refractivity contribution in [1.29, 1.82) is 0 Å². The van der Waals surface area contributed by atoms with Crippen LogP contribution < -0.4 is 4.74 Å². The summed E-state index contributed by atoms with van der Waals surface area (Å²) in [5, 5.41) is 2.73. The number of para-hydroxylation sites is 1. The van der Waals surface area contributed by atoms with E-state index in [1.165, 1.54) is 11.3 Å². The zero-order valence-corrected chi connectivity index (χ0v) is 19.1. The second-order valence-corrected chi connectivity index (χ2v) is 8.73. The van der Waals surface area contributed by atoms with Crippen molar-refractivity contribution in [3.05, 3.63) is 71.2 Å². The van der Waals surface area contributed by atoms with Crippen LogP contribution >= 0.6 is 11.3 Å². The first kappa shape index (κ1) is 22.0. The Morgan fingerprint density at radius 1 is 1.06 bits per heavy atom. The third-order valence-electron chi connectivity index (χ3n) is 6.02. The van der Waals surface area contributed by atoms with Gasteiger partial charge in [-0.2, -0.15) is 0 Å². The molecule has 1 amide bonds. The van der Waals surface area contributed by atoms with Gasteiger partial charge in [-0.3, -0.25) is 9.59 Å². The number of nitrogens with zero attached hydrogens (tertiary/aromatic N) is 2. The van der Waals surface area contributed by atoms with Crippen LogP contribution in [0, 0.1) is 0 Å². The number of carbonyl (C=O) groups is 2. The Hall–Kier alpha value is -3.19. The molecule has 0 atom stereocenters. The molecule has 0 radical (unpaired) electrons. The van der Waals surface area contributed by atoms with Crippen LogP contribution in [0.1, 0.15) is 31.0 Å². The number of hydrogen-bond donors (Lipinski definition) is 0. The molecule has 0 spiro atoms. The Labute approximate surface area is 191 Å². The lowest BCUT2D eigenvalue weighted by molar-refractivity contribution is -0.155. The maximum Gasteiger partial charge on any atom is 0.317 e. The van der Waals surface area contributed by atoms with E-state index in [1.54, 1.807) is 18.9 Å². The van der Waals surface area contributed by atoms with Crippen LogP contribution in [0.4, 0.5) is 0 Å². The first-order chi connectivity index (χ1) is 15.5. The molecule has 1 fully saturated rings. The van der Waals surface area contributed by atoms with E-state index in [0.717, 1.165) is 21.9 Å². The lowest BCUT2D eigenvalue weighted by Crippen LogP contribution is -2.49. The molecule has 1 aliphatic heterocycles. The molecule has 4 rings (SSSR count). The molecule has 0 bridgehead atoms. The molecule has 0 N–H and O–H groups in total. The monoisotopic (exact) mass is 450 g/mol. The summed E-state index contributed by atoms with van der Waals surface area (Å²) in [6, 6.07) is 17.4. The Bertz CT molecular complexity index is 1090. The minimum Gasteiger partial charge on any atom is -0.496 e. The Morgan fingerprint density at radius 3 is 2.44 bits per heavy atom. The maximum absolute atomic E-state index is 13.4. The van der Waals surface area contributed by atoms with Crippen molar-refractivity contribution in [2.75, 3.05) is 20.2 Å². The van der Waals surface area contributed by atoms with Gasteiger partial charge in [0, 0.05) is 25.4 Å². The normalized spacial score (nSPS) is 15.2. The number of thiazole rings is 1. The standard InChI is InChI=1S/C25H26N2O4S/c1-18(28)27-14-12-25(13-15-27,19-8-4-3-5-9-19)24(29)31-16-20-17-32-23(26-20)21-10-6-7-11-22(21)30-2/h3-11,17H,12-16H2,1-2H3. The van der Waals surface area contributed by atoms with Gasteiger partial charge in [-0.1, -0.05) is 42.5 Å². The largest absolute Gasteiger partial charge is 0.496 e. The quantitative estimate of drug-likeness (QED) is 0.519. The zero-order chi connectivity index (χ0) is 22.6. The number of ether oxygens (including phenoxy) is 2. The lowest BCUT2D eigenvalue weighted by atomic mass is 9.72. The number of carbonyl (C=O) groups excluding carboxylic acids is 2. The van der Waals surface area contributed by atoms with Crippen LogP contribution in [0.15, 0.2) is 60.0 Å². The van der Waals surface area contributed by atoms with Gasteiger partial charge in [-0.15, -0.1) is 11.3 Å². The van der Waals surface area contributed by atoms with Gasteiger partial charge in [-0.05, 0) is 30.5 Å². The van der Waals surface area contributed by atoms with Crippen LogP contribution in [0.3, 0.4) is 0 Å². The fraction of sp³-hybridized carbons (Fsp3) is 0.320. The van der Waals surface area contributed by atoms with Gasteiger partial charge in [-0.25, -0.2) is 4.98 Å². The second-order valence-electron chi connectivity index (χ2n) is 7.87. The van der Waals surface area contributed by atoms with Crippen LogP contribution in [0.5, 0.6) is 5.75 Å². The highest BCUT2D eigenvalue weighted by Gasteiger charge is 2.44. The first-order valence-electron chi connectivity index (χ1n) is 10.6. The van der Waals surface area contributed by atoms with Gasteiger partial charge < -0.3 is 14.4 Å². The van der Waals surface area contributed by atoms with E-state index in [0.29, 0.717) is 31.6 Å². The third-order valence-corrected chi connectivity index (χ3v) is 6.94. The number of piperidine rings is 1. The summed E-state index contributed by atoms with van der Waals surface area (Å²) in [7, 11) is 1.63. The summed E-state index contributed by atoms with van der Waals surface area (Å²) in [6.45, 7) is 2.74. The smallest absolute Gasteiger partial charge is 0.317 e. The van der Waals surface area contributed by atoms with Crippen LogP contribution in [0.2, 0.25) is 0 Å². The number of rotatable bonds is 6. The molecular weight excluding hydrogens is 424 g/mol. The fourth-order valence-electron chi connectivity index (χ4n) is 4.17. The van der Waals surface area contributed by atoms with Gasteiger partial charge in [0.15, 0.2) is 0 Å². The highest BCUT2D eigenvalue weighted by molar-refractivity contribution is 7.13. The SMILES string of the molecule is COc1ccccc1-c1nc(COC(=O)C2(c3ccccc3)CCN(C(C)=O)CC2)cs1. The van der Waals surface area contributed by atoms with Crippen LogP contribution in [0.25, 0.3) is 10.6 Å². The average molecular weight is 451 g/mol. The van der Waals surface area contributed by atoms with E-state index >= 15 is 0 Å². The fourth-order valence-corrected chi connectivity index (χ4v) is 5.00. The number of esters is 1. The maximum atomic E-state index is 13.4. The van der Waals surface area contributed by atoms with Crippen molar-refractivity contribution >= 4 is 23.2 Å². The molecule has 3 aromatic rings. The number of amides is 1. The molecule has 1 saturated heterocycles. The summed E-state index contributed by atoms with van der Waals surface area (Å²) < 4.78 is 11.2. The van der Waals surface area contributed by atoms with Gasteiger partial charge in [0.05, 0.1) is 23.8 Å². The molecular formula is C25H26N2O4S. The van der Waals surface area contributed by atoms with Crippen LogP contribution in [-0.4, -0.2) is 42.0 Å². The number of methoxy groups -OCH3 is 1. The third kappa shape index (κ3) is 4.39. The summed E-state index contributed by atoms with van der Waals surface area (Å²) in [5.74, 6) is 0.524. The van der Waals surface area contributed by atoms with Gasteiger partial charge in [0.25, 0.3) is 0 Å². The molecule has 0 aliphatic carbocycles. The first-order valence-corrected chi connectivity index (χ1v) is 11.5. The van der Waals surface area contributed by atoms with Crippen molar-refractivity contribution in [3.63, 3.8) is 0 Å². The summed E-state index contributed by atoms with van der Waals surface area (Å²) in [5.41, 5.74) is 1.79. The van der Waals surface area contributed by atoms with E-state index in [-0.39, 0.29) is 18.5 Å². The summed E-state index contributed by atoms with van der Waals surface area (Å²) in [6.07, 6.45) is 1.08. The topological polar surface area (TPSA) is 68.7 Å². The molecule has 2 aromatic carbocycles. The summed E-state index contributed by atoms with van der Waals surface area (Å²) >= 11 is 1.49. The second kappa shape index (κ2) is 9.53. The van der Waals surface area contributed by atoms with E-state index < -0.39 is 5.41 Å². The Morgan fingerprint density at radius 2 is 1.75 bits per heavy atom. The van der Waals surface area contributed by atoms with Crippen molar-refractivity contribution in [1.82, 2.24) is 9.88 Å². The van der Waals surface area contributed by atoms with Crippen LogP contribution in [-0.2, 0) is 26.3 Å². The highest BCUT2D eigenvalue weighted by Crippen LogP contribution is 2.37. The molecule has 7 heteroatoms. The van der Waals surface area contributed by atoms with Gasteiger partial charge >= 0.3 is 5.97 Å². The molecule has 0 unspecified atom stereocenters. The zero-order valence-electron chi connectivity index (χ0n) is 18.2. The average Bonchev–Trinajstić information content (AvgIpc) is 3.32. The van der Waals surface area contributed by atoms with E-state index in [9.17, 15) is 9.59 Å². The Balaban J connectivity index is 1.50.